The van der Waals surface area contributed by atoms with E-state index in [1.165, 1.54) is 11.1 Å². The minimum absolute atomic E-state index is 0.179. The molecule has 1 aliphatic heterocycles. The molecule has 4 nitrogen and oxygen atoms in total. The van der Waals surface area contributed by atoms with Crippen LogP contribution in [0.15, 0.2) is 12.3 Å². The van der Waals surface area contributed by atoms with Gasteiger partial charge in [-0.05, 0) is 37.8 Å². The summed E-state index contributed by atoms with van der Waals surface area (Å²) in [5.74, 6) is 1.05. The van der Waals surface area contributed by atoms with E-state index in [1.54, 1.807) is 0 Å². The van der Waals surface area contributed by atoms with Crippen LogP contribution in [-0.4, -0.2) is 37.3 Å². The van der Waals surface area contributed by atoms with Gasteiger partial charge in [0.1, 0.15) is 5.82 Å². The summed E-state index contributed by atoms with van der Waals surface area (Å²) < 4.78 is 5.43. The Bertz CT molecular complexity index is 400. The molecule has 0 saturated carbocycles. The highest BCUT2D eigenvalue weighted by Crippen LogP contribution is 2.22. The number of anilines is 1. The first-order chi connectivity index (χ1) is 8.58. The number of pyridine rings is 1. The van der Waals surface area contributed by atoms with Gasteiger partial charge in [-0.2, -0.15) is 0 Å². The zero-order valence-corrected chi connectivity index (χ0v) is 11.5. The Morgan fingerprint density at radius 3 is 2.94 bits per heavy atom. The zero-order chi connectivity index (χ0) is 13.1. The minimum atomic E-state index is 0.179. The number of nitrogens with zero attached hydrogens (tertiary/aromatic N) is 2. The van der Waals surface area contributed by atoms with Gasteiger partial charge in [0, 0.05) is 25.9 Å². The van der Waals surface area contributed by atoms with Crippen LogP contribution in [-0.2, 0) is 11.2 Å². The molecule has 4 heteroatoms. The normalized spacial score (nSPS) is 21.0. The van der Waals surface area contributed by atoms with Crippen molar-refractivity contribution in [2.75, 3.05) is 25.2 Å². The molecule has 1 aliphatic rings. The van der Waals surface area contributed by atoms with Crippen LogP contribution in [0, 0.1) is 6.92 Å². The Hall–Kier alpha value is -1.13. The summed E-state index contributed by atoms with van der Waals surface area (Å²) >= 11 is 0. The van der Waals surface area contributed by atoms with Crippen LogP contribution in [0.4, 0.5) is 5.82 Å². The largest absolute Gasteiger partial charge is 0.379 e. The molecule has 1 saturated heterocycles. The third kappa shape index (κ3) is 3.00. The topological polar surface area (TPSA) is 51.4 Å². The predicted molar refractivity (Wildman–Crippen MR) is 74.0 cm³/mol. The first kappa shape index (κ1) is 13.3. The van der Waals surface area contributed by atoms with Crippen molar-refractivity contribution in [1.82, 2.24) is 4.98 Å². The summed E-state index contributed by atoms with van der Waals surface area (Å²) in [5, 5.41) is 0. The van der Waals surface area contributed by atoms with Crippen LogP contribution < -0.4 is 10.6 Å². The lowest BCUT2D eigenvalue weighted by atomic mass is 10.1. The summed E-state index contributed by atoms with van der Waals surface area (Å²) in [6.45, 7) is 5.79. The molecule has 0 aliphatic carbocycles. The van der Waals surface area contributed by atoms with Crippen LogP contribution in [0.1, 0.15) is 24.5 Å². The Morgan fingerprint density at radius 2 is 2.39 bits per heavy atom. The van der Waals surface area contributed by atoms with E-state index in [9.17, 15) is 0 Å². The number of hydrogen-bond donors (Lipinski definition) is 1. The molecule has 2 rings (SSSR count). The van der Waals surface area contributed by atoms with E-state index in [2.05, 4.69) is 29.9 Å². The van der Waals surface area contributed by atoms with Gasteiger partial charge in [-0.1, -0.05) is 6.07 Å². The van der Waals surface area contributed by atoms with Gasteiger partial charge in [-0.15, -0.1) is 0 Å². The third-order valence-electron chi connectivity index (χ3n) is 3.45. The van der Waals surface area contributed by atoms with Crippen molar-refractivity contribution in [1.29, 1.82) is 0 Å². The van der Waals surface area contributed by atoms with Gasteiger partial charge < -0.3 is 15.4 Å². The highest BCUT2D eigenvalue weighted by molar-refractivity contribution is 5.47. The van der Waals surface area contributed by atoms with E-state index in [0.29, 0.717) is 6.04 Å². The lowest BCUT2D eigenvalue weighted by molar-refractivity contribution is 0.193. The number of rotatable bonds is 4. The maximum Gasteiger partial charge on any atom is 0.131 e. The van der Waals surface area contributed by atoms with Crippen molar-refractivity contribution in [2.45, 2.75) is 38.8 Å². The predicted octanol–water partition coefficient (Wildman–Crippen LogP) is 1.50. The molecule has 0 aromatic carbocycles. The SMILES string of the molecule is Cc1cc(CC(C)N)cnc1N(C)C1CCOC1. The summed E-state index contributed by atoms with van der Waals surface area (Å²) in [7, 11) is 2.10. The summed E-state index contributed by atoms with van der Waals surface area (Å²) in [6, 6.07) is 2.83. The lowest BCUT2D eigenvalue weighted by Crippen LogP contribution is -2.33. The summed E-state index contributed by atoms with van der Waals surface area (Å²) in [6.07, 6.45) is 3.90. The quantitative estimate of drug-likeness (QED) is 0.878. The van der Waals surface area contributed by atoms with Gasteiger partial charge in [-0.3, -0.25) is 0 Å². The molecule has 2 N–H and O–H groups in total. The number of nitrogens with two attached hydrogens (primary N) is 1. The molecule has 1 aromatic rings. The van der Waals surface area contributed by atoms with Crippen LogP contribution >= 0.6 is 0 Å². The maximum absolute atomic E-state index is 5.82. The molecule has 1 fully saturated rings. The van der Waals surface area contributed by atoms with E-state index in [1.807, 2.05) is 13.1 Å². The fourth-order valence-corrected chi connectivity index (χ4v) is 2.48. The number of ether oxygens (including phenoxy) is 1. The maximum atomic E-state index is 5.82. The van der Waals surface area contributed by atoms with Crippen LogP contribution in [0.2, 0.25) is 0 Å². The van der Waals surface area contributed by atoms with E-state index in [-0.39, 0.29) is 6.04 Å². The minimum Gasteiger partial charge on any atom is -0.379 e. The Balaban J connectivity index is 2.13. The second-order valence-corrected chi connectivity index (χ2v) is 5.29. The molecular formula is C14H23N3O. The van der Waals surface area contributed by atoms with E-state index < -0.39 is 0 Å². The molecular weight excluding hydrogens is 226 g/mol. The van der Waals surface area contributed by atoms with Crippen LogP contribution in [0.5, 0.6) is 0 Å². The highest BCUT2D eigenvalue weighted by atomic mass is 16.5. The van der Waals surface area contributed by atoms with E-state index in [4.69, 9.17) is 10.5 Å². The number of hydrogen-bond acceptors (Lipinski definition) is 4. The highest BCUT2D eigenvalue weighted by Gasteiger charge is 2.22. The molecule has 2 heterocycles. The molecule has 100 valence electrons. The number of aryl methyl sites for hydroxylation is 1. The average Bonchev–Trinajstić information content (AvgIpc) is 2.80. The van der Waals surface area contributed by atoms with Crippen LogP contribution in [0.3, 0.4) is 0 Å². The standard InChI is InChI=1S/C14H23N3O/c1-10-6-12(7-11(2)15)8-16-14(10)17(3)13-4-5-18-9-13/h6,8,11,13H,4-5,7,9,15H2,1-3H3. The molecule has 2 atom stereocenters. The average molecular weight is 249 g/mol. The first-order valence-electron chi connectivity index (χ1n) is 6.59. The summed E-state index contributed by atoms with van der Waals surface area (Å²) in [5.41, 5.74) is 8.24. The third-order valence-corrected chi connectivity index (χ3v) is 3.45. The second kappa shape index (κ2) is 5.67. The van der Waals surface area contributed by atoms with Gasteiger partial charge in [0.25, 0.3) is 0 Å². The Kier molecular flexibility index (Phi) is 4.19. The second-order valence-electron chi connectivity index (χ2n) is 5.29. The van der Waals surface area contributed by atoms with Crippen molar-refractivity contribution in [3.05, 3.63) is 23.4 Å². The molecule has 0 amide bonds. The van der Waals surface area contributed by atoms with Crippen molar-refractivity contribution in [2.24, 2.45) is 5.73 Å². The van der Waals surface area contributed by atoms with Crippen molar-refractivity contribution in [3.63, 3.8) is 0 Å². The zero-order valence-electron chi connectivity index (χ0n) is 11.5. The van der Waals surface area contributed by atoms with Crippen molar-refractivity contribution < 1.29 is 4.74 Å². The van der Waals surface area contributed by atoms with E-state index in [0.717, 1.165) is 31.9 Å². The van der Waals surface area contributed by atoms with Crippen molar-refractivity contribution >= 4 is 5.82 Å². The van der Waals surface area contributed by atoms with Gasteiger partial charge in [0.2, 0.25) is 0 Å². The first-order valence-corrected chi connectivity index (χ1v) is 6.59. The monoisotopic (exact) mass is 249 g/mol. The molecule has 0 radical (unpaired) electrons. The van der Waals surface area contributed by atoms with Gasteiger partial charge >= 0.3 is 0 Å². The molecule has 18 heavy (non-hydrogen) atoms. The van der Waals surface area contributed by atoms with Crippen molar-refractivity contribution in [3.8, 4) is 0 Å². The lowest BCUT2D eigenvalue weighted by Gasteiger charge is -2.26. The molecule has 1 aromatic heterocycles. The molecule has 2 unspecified atom stereocenters. The fourth-order valence-electron chi connectivity index (χ4n) is 2.48. The van der Waals surface area contributed by atoms with Gasteiger partial charge in [0.05, 0.1) is 12.6 Å². The van der Waals surface area contributed by atoms with Gasteiger partial charge in [-0.25, -0.2) is 4.98 Å². The van der Waals surface area contributed by atoms with E-state index >= 15 is 0 Å². The molecule has 0 bridgehead atoms. The smallest absolute Gasteiger partial charge is 0.131 e. The molecule has 0 spiro atoms. The number of aromatic nitrogens is 1. The summed E-state index contributed by atoms with van der Waals surface area (Å²) in [4.78, 5) is 6.82. The fraction of sp³-hybridized carbons (Fsp3) is 0.643. The van der Waals surface area contributed by atoms with Gasteiger partial charge in [0.15, 0.2) is 0 Å². The number of likely N-dealkylation sites (N-methyl/N-ethyl adjacent to an activating group) is 1. The van der Waals surface area contributed by atoms with Crippen LogP contribution in [0.25, 0.3) is 0 Å². The Morgan fingerprint density at radius 1 is 1.61 bits per heavy atom. The Labute approximate surface area is 109 Å².